The maximum atomic E-state index is 11.5. The standard InChI is InChI=1S/C14H17NO4/c1-3-12(14(17)18)15-13(16)9-6-10-4-7-11(19-2)8-5-10/h4-9,12H,3H2,1-2H3,(H,15,16)(H,17,18)/b9-6+. The highest BCUT2D eigenvalue weighted by molar-refractivity contribution is 5.94. The largest absolute Gasteiger partial charge is 0.497 e. The molecule has 102 valence electrons. The van der Waals surface area contributed by atoms with Crippen molar-refractivity contribution in [3.63, 3.8) is 0 Å². The van der Waals surface area contributed by atoms with E-state index in [1.54, 1.807) is 44.4 Å². The van der Waals surface area contributed by atoms with Gasteiger partial charge in [-0.15, -0.1) is 0 Å². The zero-order chi connectivity index (χ0) is 14.3. The van der Waals surface area contributed by atoms with E-state index in [4.69, 9.17) is 9.84 Å². The first-order valence-corrected chi connectivity index (χ1v) is 5.92. The van der Waals surface area contributed by atoms with Crippen molar-refractivity contribution in [2.75, 3.05) is 7.11 Å². The molecular formula is C14H17NO4. The third kappa shape index (κ3) is 4.83. The van der Waals surface area contributed by atoms with Crippen LogP contribution >= 0.6 is 0 Å². The van der Waals surface area contributed by atoms with Crippen LogP contribution in [0.1, 0.15) is 18.9 Å². The lowest BCUT2D eigenvalue weighted by molar-refractivity contribution is -0.141. The Morgan fingerprint density at radius 2 is 2.00 bits per heavy atom. The Morgan fingerprint density at radius 3 is 2.47 bits per heavy atom. The van der Waals surface area contributed by atoms with Crippen LogP contribution in [0.4, 0.5) is 0 Å². The quantitative estimate of drug-likeness (QED) is 0.766. The number of carboxylic acid groups (broad SMARTS) is 1. The second-order valence-electron chi connectivity index (χ2n) is 3.91. The van der Waals surface area contributed by atoms with Crippen molar-refractivity contribution in [2.24, 2.45) is 0 Å². The topological polar surface area (TPSA) is 75.6 Å². The number of amides is 1. The van der Waals surface area contributed by atoms with Crippen LogP contribution < -0.4 is 10.1 Å². The molecule has 1 amide bonds. The van der Waals surface area contributed by atoms with E-state index >= 15 is 0 Å². The molecule has 0 aliphatic rings. The van der Waals surface area contributed by atoms with Crippen LogP contribution in [0.2, 0.25) is 0 Å². The van der Waals surface area contributed by atoms with Crippen LogP contribution in [0, 0.1) is 0 Å². The highest BCUT2D eigenvalue weighted by atomic mass is 16.5. The van der Waals surface area contributed by atoms with E-state index in [1.807, 2.05) is 0 Å². The Kier molecular flexibility index (Phi) is 5.60. The summed E-state index contributed by atoms with van der Waals surface area (Å²) >= 11 is 0. The van der Waals surface area contributed by atoms with Gasteiger partial charge in [0.2, 0.25) is 5.91 Å². The molecule has 1 aromatic rings. The van der Waals surface area contributed by atoms with Gasteiger partial charge < -0.3 is 15.2 Å². The minimum atomic E-state index is -1.03. The number of benzene rings is 1. The molecule has 0 aromatic heterocycles. The number of ether oxygens (including phenoxy) is 1. The Balaban J connectivity index is 2.59. The van der Waals surface area contributed by atoms with Gasteiger partial charge in [0.1, 0.15) is 11.8 Å². The lowest BCUT2D eigenvalue weighted by atomic mass is 10.2. The fourth-order valence-electron chi connectivity index (χ4n) is 1.45. The van der Waals surface area contributed by atoms with Crippen LogP contribution in [0.25, 0.3) is 6.08 Å². The normalized spacial score (nSPS) is 12.1. The lowest BCUT2D eigenvalue weighted by Crippen LogP contribution is -2.39. The second kappa shape index (κ2) is 7.20. The van der Waals surface area contributed by atoms with Crippen LogP contribution in [0.5, 0.6) is 5.75 Å². The maximum Gasteiger partial charge on any atom is 0.326 e. The molecule has 2 N–H and O–H groups in total. The average molecular weight is 263 g/mol. The SMILES string of the molecule is CCC(NC(=O)/C=C/c1ccc(OC)cc1)C(=O)O. The van der Waals surface area contributed by atoms with Crippen molar-refractivity contribution in [3.8, 4) is 5.75 Å². The van der Waals surface area contributed by atoms with Crippen molar-refractivity contribution in [1.82, 2.24) is 5.32 Å². The van der Waals surface area contributed by atoms with Gasteiger partial charge in [-0.2, -0.15) is 0 Å². The number of nitrogens with one attached hydrogen (secondary N) is 1. The molecular weight excluding hydrogens is 246 g/mol. The van der Waals surface area contributed by atoms with E-state index in [9.17, 15) is 9.59 Å². The Hall–Kier alpha value is -2.30. The summed E-state index contributed by atoms with van der Waals surface area (Å²) in [5, 5.41) is 11.2. The van der Waals surface area contributed by atoms with Gasteiger partial charge in [0.15, 0.2) is 0 Å². The summed E-state index contributed by atoms with van der Waals surface area (Å²) in [6, 6.07) is 6.31. The number of hydrogen-bond donors (Lipinski definition) is 2. The van der Waals surface area contributed by atoms with Crippen LogP contribution in [-0.4, -0.2) is 30.1 Å². The molecule has 1 atom stereocenters. The van der Waals surface area contributed by atoms with Crippen LogP contribution in [0.3, 0.4) is 0 Å². The number of aliphatic carboxylic acids is 1. The Bertz CT molecular complexity index is 465. The molecule has 1 unspecified atom stereocenters. The van der Waals surface area contributed by atoms with Crippen molar-refractivity contribution in [3.05, 3.63) is 35.9 Å². The summed E-state index contributed by atoms with van der Waals surface area (Å²) in [5.41, 5.74) is 0.833. The summed E-state index contributed by atoms with van der Waals surface area (Å²) in [6.45, 7) is 1.70. The third-order valence-electron chi connectivity index (χ3n) is 2.57. The van der Waals surface area contributed by atoms with Crippen LogP contribution in [0.15, 0.2) is 30.3 Å². The zero-order valence-corrected chi connectivity index (χ0v) is 10.9. The van der Waals surface area contributed by atoms with Gasteiger partial charge in [0.05, 0.1) is 7.11 Å². The van der Waals surface area contributed by atoms with E-state index < -0.39 is 17.9 Å². The number of methoxy groups -OCH3 is 1. The van der Waals surface area contributed by atoms with E-state index in [0.717, 1.165) is 11.3 Å². The fraction of sp³-hybridized carbons (Fsp3) is 0.286. The Labute approximate surface area is 111 Å². The first kappa shape index (κ1) is 14.8. The molecule has 19 heavy (non-hydrogen) atoms. The number of carbonyl (C=O) groups excluding carboxylic acids is 1. The molecule has 0 heterocycles. The first-order valence-electron chi connectivity index (χ1n) is 5.92. The van der Waals surface area contributed by atoms with Gasteiger partial charge in [-0.3, -0.25) is 4.79 Å². The summed E-state index contributed by atoms with van der Waals surface area (Å²) in [5.74, 6) is -0.725. The molecule has 0 spiro atoms. The summed E-state index contributed by atoms with van der Waals surface area (Å²) in [7, 11) is 1.58. The molecule has 5 nitrogen and oxygen atoms in total. The number of carbonyl (C=O) groups is 2. The molecule has 0 saturated heterocycles. The minimum absolute atomic E-state index is 0.345. The summed E-state index contributed by atoms with van der Waals surface area (Å²) in [6.07, 6.45) is 3.27. The van der Waals surface area contributed by atoms with Gasteiger partial charge in [-0.05, 0) is 30.2 Å². The smallest absolute Gasteiger partial charge is 0.326 e. The van der Waals surface area contributed by atoms with Gasteiger partial charge in [-0.1, -0.05) is 19.1 Å². The summed E-state index contributed by atoms with van der Waals surface area (Å²) < 4.78 is 5.02. The maximum absolute atomic E-state index is 11.5. The predicted molar refractivity (Wildman–Crippen MR) is 71.9 cm³/mol. The lowest BCUT2D eigenvalue weighted by Gasteiger charge is -2.09. The molecule has 1 rings (SSSR count). The average Bonchev–Trinajstić information content (AvgIpc) is 2.42. The third-order valence-corrected chi connectivity index (χ3v) is 2.57. The fourth-order valence-corrected chi connectivity index (χ4v) is 1.45. The van der Waals surface area contributed by atoms with E-state index in [1.165, 1.54) is 6.08 Å². The van der Waals surface area contributed by atoms with E-state index in [0.29, 0.717) is 6.42 Å². The highest BCUT2D eigenvalue weighted by Crippen LogP contribution is 2.12. The monoisotopic (exact) mass is 263 g/mol. The molecule has 0 radical (unpaired) electrons. The highest BCUT2D eigenvalue weighted by Gasteiger charge is 2.15. The summed E-state index contributed by atoms with van der Waals surface area (Å²) in [4.78, 5) is 22.3. The molecule has 0 fully saturated rings. The van der Waals surface area contributed by atoms with Gasteiger partial charge in [0.25, 0.3) is 0 Å². The number of rotatable bonds is 6. The van der Waals surface area contributed by atoms with Gasteiger partial charge in [-0.25, -0.2) is 4.79 Å². The molecule has 5 heteroatoms. The van der Waals surface area contributed by atoms with Crippen molar-refractivity contribution < 1.29 is 19.4 Å². The predicted octanol–water partition coefficient (Wildman–Crippen LogP) is 1.69. The van der Waals surface area contributed by atoms with E-state index in [-0.39, 0.29) is 0 Å². The molecule has 1 aromatic carbocycles. The van der Waals surface area contributed by atoms with Crippen molar-refractivity contribution >= 4 is 18.0 Å². The second-order valence-corrected chi connectivity index (χ2v) is 3.91. The zero-order valence-electron chi connectivity index (χ0n) is 10.9. The molecule has 0 saturated carbocycles. The minimum Gasteiger partial charge on any atom is -0.497 e. The van der Waals surface area contributed by atoms with Gasteiger partial charge in [0, 0.05) is 6.08 Å². The molecule has 0 bridgehead atoms. The van der Waals surface area contributed by atoms with Gasteiger partial charge >= 0.3 is 5.97 Å². The molecule has 0 aliphatic heterocycles. The number of carboxylic acids is 1. The number of hydrogen-bond acceptors (Lipinski definition) is 3. The van der Waals surface area contributed by atoms with Crippen LogP contribution in [-0.2, 0) is 9.59 Å². The van der Waals surface area contributed by atoms with E-state index in [2.05, 4.69) is 5.32 Å². The van der Waals surface area contributed by atoms with Crippen molar-refractivity contribution in [1.29, 1.82) is 0 Å². The first-order chi connectivity index (χ1) is 9.06. The van der Waals surface area contributed by atoms with Crippen molar-refractivity contribution in [2.45, 2.75) is 19.4 Å². The molecule has 0 aliphatic carbocycles. The Morgan fingerprint density at radius 1 is 1.37 bits per heavy atom.